The quantitative estimate of drug-likeness (QED) is 0.748. The van der Waals surface area contributed by atoms with Crippen LogP contribution in [0.25, 0.3) is 10.6 Å². The van der Waals surface area contributed by atoms with Gasteiger partial charge in [-0.05, 0) is 19.1 Å². The average molecular weight is 207 g/mol. The molecule has 2 aromatic heterocycles. The fraction of sp³-hybridized carbons (Fsp3) is 0.364. The Morgan fingerprint density at radius 1 is 1.36 bits per heavy atom. The Labute approximate surface area is 87.6 Å². The molecular formula is C11H13NOS. The van der Waals surface area contributed by atoms with E-state index in [0.29, 0.717) is 5.92 Å². The monoisotopic (exact) mass is 207 g/mol. The van der Waals surface area contributed by atoms with Crippen molar-refractivity contribution in [3.8, 4) is 10.6 Å². The van der Waals surface area contributed by atoms with Gasteiger partial charge in [0.15, 0.2) is 0 Å². The Kier molecular flexibility index (Phi) is 2.42. The largest absolute Gasteiger partial charge is 0.360 e. The van der Waals surface area contributed by atoms with Crippen LogP contribution in [0.1, 0.15) is 30.4 Å². The molecule has 0 saturated heterocycles. The SMILES string of the molecule is Cc1ccc(-c2cc(C(C)C)on2)s1. The van der Waals surface area contributed by atoms with Gasteiger partial charge in [0, 0.05) is 16.9 Å². The highest BCUT2D eigenvalue weighted by Crippen LogP contribution is 2.28. The molecule has 0 amide bonds. The lowest BCUT2D eigenvalue weighted by Crippen LogP contribution is -1.80. The van der Waals surface area contributed by atoms with Crippen molar-refractivity contribution >= 4 is 11.3 Å². The van der Waals surface area contributed by atoms with Crippen LogP contribution in [0.2, 0.25) is 0 Å². The van der Waals surface area contributed by atoms with Crippen molar-refractivity contribution in [1.82, 2.24) is 5.16 Å². The van der Waals surface area contributed by atoms with E-state index in [9.17, 15) is 0 Å². The smallest absolute Gasteiger partial charge is 0.139 e. The van der Waals surface area contributed by atoms with Gasteiger partial charge in [-0.25, -0.2) is 0 Å². The third kappa shape index (κ3) is 1.73. The molecule has 2 nitrogen and oxygen atoms in total. The van der Waals surface area contributed by atoms with Crippen LogP contribution >= 0.6 is 11.3 Å². The van der Waals surface area contributed by atoms with Crippen molar-refractivity contribution in [2.24, 2.45) is 0 Å². The summed E-state index contributed by atoms with van der Waals surface area (Å²) < 4.78 is 5.25. The van der Waals surface area contributed by atoms with E-state index >= 15 is 0 Å². The zero-order valence-electron chi connectivity index (χ0n) is 8.57. The van der Waals surface area contributed by atoms with Crippen LogP contribution in [-0.4, -0.2) is 5.16 Å². The van der Waals surface area contributed by atoms with Crippen molar-refractivity contribution in [3.05, 3.63) is 28.8 Å². The van der Waals surface area contributed by atoms with Gasteiger partial charge in [0.05, 0.1) is 4.88 Å². The summed E-state index contributed by atoms with van der Waals surface area (Å²) >= 11 is 1.74. The first kappa shape index (κ1) is 9.46. The number of nitrogens with zero attached hydrogens (tertiary/aromatic N) is 1. The summed E-state index contributed by atoms with van der Waals surface area (Å²) in [6.07, 6.45) is 0. The molecule has 0 N–H and O–H groups in total. The van der Waals surface area contributed by atoms with Gasteiger partial charge in [0.2, 0.25) is 0 Å². The maximum absolute atomic E-state index is 5.25. The lowest BCUT2D eigenvalue weighted by molar-refractivity contribution is 0.373. The molecule has 0 aliphatic carbocycles. The summed E-state index contributed by atoms with van der Waals surface area (Å²) in [5.41, 5.74) is 0.951. The molecule has 2 aromatic rings. The van der Waals surface area contributed by atoms with Crippen molar-refractivity contribution in [3.63, 3.8) is 0 Å². The van der Waals surface area contributed by atoms with Gasteiger partial charge in [-0.2, -0.15) is 0 Å². The second kappa shape index (κ2) is 3.58. The third-order valence-electron chi connectivity index (χ3n) is 2.09. The first-order valence-electron chi connectivity index (χ1n) is 4.70. The molecule has 0 bridgehead atoms. The zero-order valence-corrected chi connectivity index (χ0v) is 9.39. The number of thiophene rings is 1. The van der Waals surface area contributed by atoms with E-state index < -0.39 is 0 Å². The molecule has 0 unspecified atom stereocenters. The summed E-state index contributed by atoms with van der Waals surface area (Å²) in [4.78, 5) is 2.48. The Hall–Kier alpha value is -1.09. The molecule has 2 heterocycles. The number of hydrogen-bond acceptors (Lipinski definition) is 3. The summed E-state index contributed by atoms with van der Waals surface area (Å²) in [7, 11) is 0. The van der Waals surface area contributed by atoms with Gasteiger partial charge < -0.3 is 4.52 Å². The van der Waals surface area contributed by atoms with Crippen LogP contribution in [0.3, 0.4) is 0 Å². The minimum Gasteiger partial charge on any atom is -0.360 e. The number of rotatable bonds is 2. The highest BCUT2D eigenvalue weighted by atomic mass is 32.1. The van der Waals surface area contributed by atoms with Gasteiger partial charge in [0.1, 0.15) is 11.5 Å². The van der Waals surface area contributed by atoms with Crippen LogP contribution in [0.4, 0.5) is 0 Å². The molecule has 0 aliphatic rings. The average Bonchev–Trinajstić information content (AvgIpc) is 2.70. The summed E-state index contributed by atoms with van der Waals surface area (Å²) in [5.74, 6) is 1.35. The molecule has 0 atom stereocenters. The predicted octanol–water partition coefficient (Wildman–Crippen LogP) is 3.83. The van der Waals surface area contributed by atoms with Crippen molar-refractivity contribution in [2.45, 2.75) is 26.7 Å². The molecule has 0 saturated carbocycles. The van der Waals surface area contributed by atoms with Gasteiger partial charge >= 0.3 is 0 Å². The maximum atomic E-state index is 5.25. The summed E-state index contributed by atoms with van der Waals surface area (Å²) in [6, 6.07) is 6.21. The first-order chi connectivity index (χ1) is 6.66. The van der Waals surface area contributed by atoms with Gasteiger partial charge in [-0.1, -0.05) is 19.0 Å². The number of hydrogen-bond donors (Lipinski definition) is 0. The second-order valence-corrected chi connectivity index (χ2v) is 4.97. The molecule has 2 rings (SSSR count). The van der Waals surface area contributed by atoms with E-state index in [0.717, 1.165) is 11.5 Å². The molecule has 3 heteroatoms. The number of aromatic nitrogens is 1. The Morgan fingerprint density at radius 2 is 2.14 bits per heavy atom. The molecule has 74 valence electrons. The Balaban J connectivity index is 2.33. The van der Waals surface area contributed by atoms with E-state index in [4.69, 9.17) is 4.52 Å². The van der Waals surface area contributed by atoms with Gasteiger partial charge in [-0.3, -0.25) is 0 Å². The molecule has 0 fully saturated rings. The topological polar surface area (TPSA) is 26.0 Å². The van der Waals surface area contributed by atoms with E-state index in [1.54, 1.807) is 11.3 Å². The van der Waals surface area contributed by atoms with Crippen LogP contribution in [0.15, 0.2) is 22.7 Å². The van der Waals surface area contributed by atoms with Crippen LogP contribution in [0.5, 0.6) is 0 Å². The molecule has 14 heavy (non-hydrogen) atoms. The highest BCUT2D eigenvalue weighted by Gasteiger charge is 2.10. The van der Waals surface area contributed by atoms with Crippen LogP contribution < -0.4 is 0 Å². The molecular weight excluding hydrogens is 194 g/mol. The lowest BCUT2D eigenvalue weighted by atomic mass is 10.1. The van der Waals surface area contributed by atoms with Gasteiger partial charge in [-0.15, -0.1) is 11.3 Å². The van der Waals surface area contributed by atoms with E-state index in [-0.39, 0.29) is 0 Å². The van der Waals surface area contributed by atoms with Crippen LogP contribution in [-0.2, 0) is 0 Å². The Bertz CT molecular complexity index is 428. The van der Waals surface area contributed by atoms with E-state index in [1.165, 1.54) is 9.75 Å². The Morgan fingerprint density at radius 3 is 2.64 bits per heavy atom. The summed E-state index contributed by atoms with van der Waals surface area (Å²) in [6.45, 7) is 6.30. The molecule has 0 spiro atoms. The minimum atomic E-state index is 0.400. The highest BCUT2D eigenvalue weighted by molar-refractivity contribution is 7.15. The standard InChI is InChI=1S/C11H13NOS/c1-7(2)10-6-9(12-13-10)11-5-4-8(3)14-11/h4-7H,1-3H3. The van der Waals surface area contributed by atoms with Crippen molar-refractivity contribution in [1.29, 1.82) is 0 Å². The minimum absolute atomic E-state index is 0.400. The fourth-order valence-corrected chi connectivity index (χ4v) is 2.07. The first-order valence-corrected chi connectivity index (χ1v) is 5.52. The summed E-state index contributed by atoms with van der Waals surface area (Å²) in [5, 5.41) is 4.06. The molecule has 0 aromatic carbocycles. The zero-order chi connectivity index (χ0) is 10.1. The third-order valence-corrected chi connectivity index (χ3v) is 3.11. The van der Waals surface area contributed by atoms with E-state index in [2.05, 4.69) is 38.1 Å². The van der Waals surface area contributed by atoms with E-state index in [1.807, 2.05) is 6.07 Å². The molecule has 0 aliphatic heterocycles. The van der Waals surface area contributed by atoms with Crippen LogP contribution in [0, 0.1) is 6.92 Å². The fourth-order valence-electron chi connectivity index (χ4n) is 1.25. The lowest BCUT2D eigenvalue weighted by Gasteiger charge is -1.93. The maximum Gasteiger partial charge on any atom is 0.139 e. The normalized spacial score (nSPS) is 11.1. The van der Waals surface area contributed by atoms with Crippen molar-refractivity contribution in [2.75, 3.05) is 0 Å². The second-order valence-electron chi connectivity index (χ2n) is 3.68. The number of aryl methyl sites for hydroxylation is 1. The van der Waals surface area contributed by atoms with Crippen molar-refractivity contribution < 1.29 is 4.52 Å². The molecule has 0 radical (unpaired) electrons. The van der Waals surface area contributed by atoms with Gasteiger partial charge in [0.25, 0.3) is 0 Å². The predicted molar refractivity (Wildman–Crippen MR) is 58.6 cm³/mol.